The summed E-state index contributed by atoms with van der Waals surface area (Å²) in [5.41, 5.74) is 5.28. The SMILES string of the molecule is CC(C)(C)OC(=O)NCC1CCN(CC(c2ccccc2)c2cccc(CC(C)(C)OC(=O)NC[C@@H]3CCN(CC(c4ccccc4)c4ccccc4)C(=O)[C@H](CCCNC(=O)OCc4ccccc4)N3)c2)C(=O)[C@H](CCCNC(=O)OCc2ccccc2)N1. The maximum absolute atomic E-state index is 14.8. The summed E-state index contributed by atoms with van der Waals surface area (Å²) in [6, 6.07) is 55.9. The van der Waals surface area contributed by atoms with Gasteiger partial charge in [0.05, 0.1) is 12.1 Å². The smallest absolute Gasteiger partial charge is 0.407 e. The molecule has 6 amide bonds. The molecule has 8 rings (SSSR count). The van der Waals surface area contributed by atoms with Gasteiger partial charge in [-0.1, -0.05) is 176 Å². The molecule has 6 aromatic carbocycles. The first-order chi connectivity index (χ1) is 43.4. The molecule has 2 aliphatic heterocycles. The van der Waals surface area contributed by atoms with E-state index in [9.17, 15) is 28.8 Å². The van der Waals surface area contributed by atoms with E-state index < -0.39 is 47.7 Å². The third kappa shape index (κ3) is 22.1. The van der Waals surface area contributed by atoms with Crippen LogP contribution >= 0.6 is 0 Å². The van der Waals surface area contributed by atoms with Crippen molar-refractivity contribution in [3.63, 3.8) is 0 Å². The molecular formula is C72H90N8O10. The van der Waals surface area contributed by atoms with E-state index >= 15 is 0 Å². The van der Waals surface area contributed by atoms with Crippen LogP contribution in [0.5, 0.6) is 0 Å². The van der Waals surface area contributed by atoms with Crippen LogP contribution in [-0.2, 0) is 48.2 Å². The molecule has 0 bridgehead atoms. The third-order valence-corrected chi connectivity index (χ3v) is 16.0. The molecule has 6 aromatic rings. The number of benzene rings is 6. The Morgan fingerprint density at radius 1 is 0.478 bits per heavy atom. The van der Waals surface area contributed by atoms with Crippen molar-refractivity contribution in [1.82, 2.24) is 41.7 Å². The Hall–Kier alpha value is -8.74. The topological polar surface area (TPSA) is 218 Å². The molecule has 0 spiro atoms. The lowest BCUT2D eigenvalue weighted by molar-refractivity contribution is -0.133. The van der Waals surface area contributed by atoms with Gasteiger partial charge < -0.3 is 60.6 Å². The molecule has 0 radical (unpaired) electrons. The number of nitrogens with zero attached hydrogens (tertiary/aromatic N) is 2. The standard InChI is InChI=1S/C72H90N8O10/c1-71(2,3)89-69(85)75-46-59-39-43-80(66(82)64(77-59)37-23-41-74-68(84)88-51-53-26-13-7-14-27-53)49-62(57-33-19-10-20-34-57)58-35-21-28-54(44-58)45-72(4,5)90-70(86)76-47-60-38-42-79(48-61(55-29-15-8-16-30-55)56-31-17-9-18-32-56)65(81)63(78-60)36-22-40-73-67(83)87-50-52-24-11-6-12-25-52/h6-21,24-35,44,59-64,77-78H,22-23,36-43,45-51H2,1-5H3,(H,73,83)(H,74,84)(H,75,85)(H,76,86)/t59?,60-,62?,63-,64-/m0/s1. The number of amides is 6. The van der Waals surface area contributed by atoms with E-state index in [0.717, 1.165) is 38.9 Å². The highest BCUT2D eigenvalue weighted by molar-refractivity contribution is 5.83. The number of hydrogen-bond donors (Lipinski definition) is 6. The van der Waals surface area contributed by atoms with E-state index in [1.807, 2.05) is 172 Å². The van der Waals surface area contributed by atoms with Crippen LogP contribution in [0.15, 0.2) is 176 Å². The molecule has 18 nitrogen and oxygen atoms in total. The lowest BCUT2D eigenvalue weighted by Gasteiger charge is -2.30. The lowest BCUT2D eigenvalue weighted by atomic mass is 9.88. The second-order valence-corrected chi connectivity index (χ2v) is 24.9. The van der Waals surface area contributed by atoms with Crippen LogP contribution in [0, 0.1) is 0 Å². The summed E-state index contributed by atoms with van der Waals surface area (Å²) in [5, 5.41) is 18.7. The number of carbonyl (C=O) groups is 6. The fourth-order valence-electron chi connectivity index (χ4n) is 11.6. The van der Waals surface area contributed by atoms with Gasteiger partial charge in [0.15, 0.2) is 0 Å². The fourth-order valence-corrected chi connectivity index (χ4v) is 11.6. The molecule has 0 saturated carbocycles. The highest BCUT2D eigenvalue weighted by Gasteiger charge is 2.36. The highest BCUT2D eigenvalue weighted by atomic mass is 16.6. The van der Waals surface area contributed by atoms with E-state index in [1.165, 1.54) is 0 Å². The van der Waals surface area contributed by atoms with E-state index in [2.05, 4.69) is 80.4 Å². The maximum Gasteiger partial charge on any atom is 0.407 e. The van der Waals surface area contributed by atoms with Gasteiger partial charge >= 0.3 is 24.4 Å². The van der Waals surface area contributed by atoms with E-state index in [-0.39, 0.29) is 62.0 Å². The Morgan fingerprint density at radius 2 is 0.856 bits per heavy atom. The first-order valence-electron chi connectivity index (χ1n) is 31.6. The number of ether oxygens (including phenoxy) is 4. The van der Waals surface area contributed by atoms with Crippen molar-refractivity contribution >= 4 is 36.2 Å². The van der Waals surface area contributed by atoms with E-state index in [0.29, 0.717) is 84.2 Å². The highest BCUT2D eigenvalue weighted by Crippen LogP contribution is 2.31. The minimum Gasteiger partial charge on any atom is -0.445 e. The molecule has 18 heteroatoms. The second kappa shape index (κ2) is 33.7. The first-order valence-corrected chi connectivity index (χ1v) is 31.6. The third-order valence-electron chi connectivity index (χ3n) is 16.0. The van der Waals surface area contributed by atoms with Gasteiger partial charge in [0.25, 0.3) is 0 Å². The van der Waals surface area contributed by atoms with Crippen LogP contribution in [0.1, 0.15) is 124 Å². The molecule has 2 aliphatic rings. The Morgan fingerprint density at radius 3 is 1.28 bits per heavy atom. The molecule has 2 fully saturated rings. The summed E-state index contributed by atoms with van der Waals surface area (Å²) in [4.78, 5) is 85.3. The summed E-state index contributed by atoms with van der Waals surface area (Å²) in [5.74, 6) is -0.432. The Labute approximate surface area is 530 Å². The van der Waals surface area contributed by atoms with Crippen molar-refractivity contribution in [2.24, 2.45) is 0 Å². The molecule has 2 saturated heterocycles. The van der Waals surface area contributed by atoms with Crippen molar-refractivity contribution in [2.45, 2.75) is 140 Å². The van der Waals surface area contributed by atoms with Crippen LogP contribution in [0.25, 0.3) is 0 Å². The van der Waals surface area contributed by atoms with Crippen molar-refractivity contribution in [3.05, 3.63) is 215 Å². The summed E-state index contributed by atoms with van der Waals surface area (Å²) < 4.78 is 22.6. The first kappa shape index (κ1) is 67.2. The molecule has 478 valence electrons. The van der Waals surface area contributed by atoms with Crippen LogP contribution in [-0.4, -0.2) is 134 Å². The van der Waals surface area contributed by atoms with E-state index in [1.54, 1.807) is 0 Å². The van der Waals surface area contributed by atoms with Crippen LogP contribution in [0.3, 0.4) is 0 Å². The number of hydrogen-bond acceptors (Lipinski definition) is 12. The maximum atomic E-state index is 14.8. The summed E-state index contributed by atoms with van der Waals surface area (Å²) in [6.45, 7) is 12.2. The lowest BCUT2D eigenvalue weighted by Crippen LogP contribution is -2.50. The molecule has 0 aromatic heterocycles. The van der Waals surface area contributed by atoms with Gasteiger partial charge in [-0.2, -0.15) is 0 Å². The van der Waals surface area contributed by atoms with Gasteiger partial charge in [-0.05, 0) is 112 Å². The second-order valence-electron chi connectivity index (χ2n) is 24.9. The van der Waals surface area contributed by atoms with Gasteiger partial charge in [-0.25, -0.2) is 19.2 Å². The summed E-state index contributed by atoms with van der Waals surface area (Å²) >= 11 is 0. The molecular weight excluding hydrogens is 1140 g/mol. The average Bonchev–Trinajstić information content (AvgIpc) is 1.91. The van der Waals surface area contributed by atoms with Gasteiger partial charge in [0, 0.05) is 82.7 Å². The van der Waals surface area contributed by atoms with Gasteiger partial charge in [0.1, 0.15) is 24.4 Å². The number of rotatable bonds is 27. The predicted octanol–water partition coefficient (Wildman–Crippen LogP) is 10.8. The number of carbonyl (C=O) groups excluding carboxylic acids is 6. The van der Waals surface area contributed by atoms with Gasteiger partial charge in [0.2, 0.25) is 11.8 Å². The van der Waals surface area contributed by atoms with Crippen LogP contribution < -0.4 is 31.9 Å². The van der Waals surface area contributed by atoms with Crippen LogP contribution in [0.4, 0.5) is 19.2 Å². The van der Waals surface area contributed by atoms with Gasteiger partial charge in [-0.15, -0.1) is 0 Å². The Bertz CT molecular complexity index is 3170. The largest absolute Gasteiger partial charge is 0.445 e. The predicted molar refractivity (Wildman–Crippen MR) is 348 cm³/mol. The van der Waals surface area contributed by atoms with Gasteiger partial charge in [-0.3, -0.25) is 9.59 Å². The minimum absolute atomic E-state index is 0.0422. The zero-order valence-electron chi connectivity index (χ0n) is 52.7. The molecule has 5 atom stereocenters. The quantitative estimate of drug-likeness (QED) is 0.0210. The Kier molecular flexibility index (Phi) is 25.2. The monoisotopic (exact) mass is 1230 g/mol. The van der Waals surface area contributed by atoms with Crippen LogP contribution in [0.2, 0.25) is 0 Å². The van der Waals surface area contributed by atoms with E-state index in [4.69, 9.17) is 18.9 Å². The normalized spacial score (nSPS) is 17.5. The minimum atomic E-state index is -0.953. The zero-order valence-corrected chi connectivity index (χ0v) is 52.7. The van der Waals surface area contributed by atoms with Crippen molar-refractivity contribution in [2.75, 3.05) is 52.4 Å². The number of alkyl carbamates (subject to hydrolysis) is 4. The molecule has 2 heterocycles. The molecule has 2 unspecified atom stereocenters. The summed E-state index contributed by atoms with van der Waals surface area (Å²) in [6.07, 6.45) is 1.16. The molecule has 90 heavy (non-hydrogen) atoms. The summed E-state index contributed by atoms with van der Waals surface area (Å²) in [7, 11) is 0. The van der Waals surface area contributed by atoms with Crippen molar-refractivity contribution in [1.29, 1.82) is 0 Å². The molecule has 0 aliphatic carbocycles. The van der Waals surface area contributed by atoms with Crippen molar-refractivity contribution in [3.8, 4) is 0 Å². The average molecular weight is 1230 g/mol. The number of nitrogens with one attached hydrogen (secondary N) is 6. The molecule has 6 N–H and O–H groups in total. The van der Waals surface area contributed by atoms with Crippen molar-refractivity contribution < 1.29 is 47.7 Å². The Balaban J connectivity index is 0.904. The zero-order chi connectivity index (χ0) is 63.7. The fraction of sp³-hybridized carbons (Fsp3) is 0.417.